The van der Waals surface area contributed by atoms with E-state index in [2.05, 4.69) is 50.3 Å². The minimum atomic E-state index is 0. The van der Waals surface area contributed by atoms with Crippen molar-refractivity contribution >= 4 is 12.4 Å². The molecule has 1 fully saturated rings. The van der Waals surface area contributed by atoms with Gasteiger partial charge in [-0.05, 0) is 63.6 Å². The third-order valence-corrected chi connectivity index (χ3v) is 4.31. The molecule has 0 bridgehead atoms. The minimum absolute atomic E-state index is 0. The zero-order chi connectivity index (χ0) is 14.5. The van der Waals surface area contributed by atoms with Crippen molar-refractivity contribution in [3.63, 3.8) is 0 Å². The van der Waals surface area contributed by atoms with Gasteiger partial charge in [0.25, 0.3) is 0 Å². The number of nitrogens with one attached hydrogen (secondary N) is 1. The highest BCUT2D eigenvalue weighted by molar-refractivity contribution is 5.85. The van der Waals surface area contributed by atoms with Crippen LogP contribution in [0.2, 0.25) is 0 Å². The van der Waals surface area contributed by atoms with Crippen molar-refractivity contribution in [3.8, 4) is 5.69 Å². The van der Waals surface area contributed by atoms with Gasteiger partial charge in [-0.25, -0.2) is 4.68 Å². The number of aromatic nitrogens is 2. The summed E-state index contributed by atoms with van der Waals surface area (Å²) in [5.74, 6) is 0.838. The van der Waals surface area contributed by atoms with Crippen LogP contribution in [0.3, 0.4) is 0 Å². The van der Waals surface area contributed by atoms with E-state index in [0.717, 1.165) is 24.7 Å². The molecule has 1 N–H and O–H groups in total. The van der Waals surface area contributed by atoms with Crippen molar-refractivity contribution in [2.45, 2.75) is 19.4 Å². The van der Waals surface area contributed by atoms with Crippen LogP contribution in [0.1, 0.15) is 18.5 Å². The summed E-state index contributed by atoms with van der Waals surface area (Å²) < 4.78 is 2.06. The van der Waals surface area contributed by atoms with Crippen LogP contribution >= 0.6 is 12.4 Å². The van der Waals surface area contributed by atoms with Crippen molar-refractivity contribution in [1.82, 2.24) is 20.0 Å². The summed E-state index contributed by atoms with van der Waals surface area (Å²) >= 11 is 0. The maximum Gasteiger partial charge on any atom is 0.0649 e. The highest BCUT2D eigenvalue weighted by Gasteiger charge is 2.19. The lowest BCUT2D eigenvalue weighted by Crippen LogP contribution is -2.36. The number of hydrogen-bond acceptors (Lipinski definition) is 3. The normalized spacial score (nSPS) is 16.4. The van der Waals surface area contributed by atoms with E-state index in [9.17, 15) is 0 Å². The van der Waals surface area contributed by atoms with Crippen LogP contribution in [-0.4, -0.2) is 41.4 Å². The van der Waals surface area contributed by atoms with Crippen molar-refractivity contribution in [1.29, 1.82) is 0 Å². The molecule has 22 heavy (non-hydrogen) atoms. The van der Waals surface area contributed by atoms with Gasteiger partial charge in [-0.2, -0.15) is 5.10 Å². The first-order valence-corrected chi connectivity index (χ1v) is 7.82. The summed E-state index contributed by atoms with van der Waals surface area (Å²) in [5.41, 5.74) is 2.41. The van der Waals surface area contributed by atoms with Gasteiger partial charge in [-0.1, -0.05) is 18.2 Å². The molecule has 0 unspecified atom stereocenters. The lowest BCUT2D eigenvalue weighted by Gasteiger charge is -2.31. The fraction of sp³-hybridized carbons (Fsp3) is 0.471. The highest BCUT2D eigenvalue weighted by Crippen LogP contribution is 2.19. The summed E-state index contributed by atoms with van der Waals surface area (Å²) in [5, 5.41) is 7.77. The largest absolute Gasteiger partial charge is 0.319 e. The molecule has 0 amide bonds. The maximum absolute atomic E-state index is 4.48. The Bertz CT molecular complexity index is 547. The van der Waals surface area contributed by atoms with Gasteiger partial charge >= 0.3 is 0 Å². The summed E-state index contributed by atoms with van der Waals surface area (Å²) in [6.07, 6.45) is 4.48. The SMILES string of the molecule is CNCC1CCN(Cc2ccnn2-c2ccccc2)CC1.Cl. The molecular formula is C17H25ClN4. The Morgan fingerprint density at radius 3 is 2.55 bits per heavy atom. The second-order valence-electron chi connectivity index (χ2n) is 5.85. The van der Waals surface area contributed by atoms with E-state index < -0.39 is 0 Å². The number of likely N-dealkylation sites (tertiary alicyclic amines) is 1. The first-order chi connectivity index (χ1) is 10.4. The van der Waals surface area contributed by atoms with Crippen LogP contribution in [0.25, 0.3) is 5.69 Å². The van der Waals surface area contributed by atoms with Crippen LogP contribution in [-0.2, 0) is 6.54 Å². The number of hydrogen-bond donors (Lipinski definition) is 1. The standard InChI is InChI=1S/C17H24N4.ClH/c1-18-13-15-8-11-20(12-9-15)14-17-7-10-19-21(17)16-5-3-2-4-6-16;/h2-7,10,15,18H,8-9,11-14H2,1H3;1H. The van der Waals surface area contributed by atoms with Gasteiger partial charge in [-0.15, -0.1) is 12.4 Å². The Balaban J connectivity index is 0.00000176. The second kappa shape index (κ2) is 8.32. The molecule has 0 saturated carbocycles. The van der Waals surface area contributed by atoms with E-state index in [4.69, 9.17) is 0 Å². The average Bonchev–Trinajstić information content (AvgIpc) is 2.98. The number of para-hydroxylation sites is 1. The topological polar surface area (TPSA) is 33.1 Å². The third kappa shape index (κ3) is 4.09. The Kier molecular flexibility index (Phi) is 6.43. The molecule has 1 aromatic heterocycles. The summed E-state index contributed by atoms with van der Waals surface area (Å²) in [4.78, 5) is 2.54. The number of nitrogens with zero attached hydrogens (tertiary/aromatic N) is 3. The van der Waals surface area contributed by atoms with Gasteiger partial charge in [0, 0.05) is 12.7 Å². The molecule has 1 aromatic carbocycles. The van der Waals surface area contributed by atoms with Gasteiger partial charge in [0.2, 0.25) is 0 Å². The molecule has 120 valence electrons. The smallest absolute Gasteiger partial charge is 0.0649 e. The Labute approximate surface area is 138 Å². The average molecular weight is 321 g/mol. The predicted molar refractivity (Wildman–Crippen MR) is 92.7 cm³/mol. The van der Waals surface area contributed by atoms with Gasteiger partial charge in [0.1, 0.15) is 0 Å². The predicted octanol–water partition coefficient (Wildman–Crippen LogP) is 2.73. The second-order valence-corrected chi connectivity index (χ2v) is 5.85. The van der Waals surface area contributed by atoms with Gasteiger partial charge in [0.05, 0.1) is 11.4 Å². The van der Waals surface area contributed by atoms with Crippen molar-refractivity contribution in [3.05, 3.63) is 48.3 Å². The zero-order valence-electron chi connectivity index (χ0n) is 13.1. The quantitative estimate of drug-likeness (QED) is 0.919. The van der Waals surface area contributed by atoms with E-state index >= 15 is 0 Å². The van der Waals surface area contributed by atoms with Gasteiger partial charge in [-0.3, -0.25) is 4.90 Å². The molecule has 4 nitrogen and oxygen atoms in total. The van der Waals surface area contributed by atoms with E-state index in [0.29, 0.717) is 0 Å². The molecule has 5 heteroatoms. The van der Waals surface area contributed by atoms with E-state index in [1.165, 1.54) is 31.6 Å². The van der Waals surface area contributed by atoms with Crippen molar-refractivity contribution in [2.24, 2.45) is 5.92 Å². The van der Waals surface area contributed by atoms with Gasteiger partial charge < -0.3 is 5.32 Å². The van der Waals surface area contributed by atoms with Crippen LogP contribution < -0.4 is 5.32 Å². The molecule has 0 spiro atoms. The molecular weight excluding hydrogens is 296 g/mol. The van der Waals surface area contributed by atoms with E-state index in [1.54, 1.807) is 0 Å². The van der Waals surface area contributed by atoms with Crippen molar-refractivity contribution in [2.75, 3.05) is 26.7 Å². The molecule has 2 aromatic rings. The van der Waals surface area contributed by atoms with Crippen LogP contribution in [0.15, 0.2) is 42.6 Å². The first-order valence-electron chi connectivity index (χ1n) is 7.82. The molecule has 2 heterocycles. The van der Waals surface area contributed by atoms with E-state index in [1.807, 2.05) is 19.3 Å². The highest BCUT2D eigenvalue weighted by atomic mass is 35.5. The maximum atomic E-state index is 4.48. The number of rotatable bonds is 5. The molecule has 1 aliphatic rings. The summed E-state index contributed by atoms with van der Waals surface area (Å²) in [7, 11) is 2.05. The fourth-order valence-corrected chi connectivity index (χ4v) is 3.12. The van der Waals surface area contributed by atoms with Crippen LogP contribution in [0.5, 0.6) is 0 Å². The number of halogens is 1. The number of benzene rings is 1. The third-order valence-electron chi connectivity index (χ3n) is 4.31. The molecule has 0 atom stereocenters. The zero-order valence-corrected chi connectivity index (χ0v) is 13.9. The molecule has 1 saturated heterocycles. The molecule has 1 aliphatic heterocycles. The van der Waals surface area contributed by atoms with Crippen LogP contribution in [0.4, 0.5) is 0 Å². The summed E-state index contributed by atoms with van der Waals surface area (Å²) in [6.45, 7) is 4.51. The minimum Gasteiger partial charge on any atom is -0.319 e. The molecule has 0 aliphatic carbocycles. The first kappa shape index (κ1) is 17.0. The Morgan fingerprint density at radius 1 is 1.14 bits per heavy atom. The van der Waals surface area contributed by atoms with Crippen LogP contribution in [0, 0.1) is 5.92 Å². The fourth-order valence-electron chi connectivity index (χ4n) is 3.12. The Morgan fingerprint density at radius 2 is 1.86 bits per heavy atom. The lowest BCUT2D eigenvalue weighted by molar-refractivity contribution is 0.174. The summed E-state index contributed by atoms with van der Waals surface area (Å²) in [6, 6.07) is 12.5. The van der Waals surface area contributed by atoms with E-state index in [-0.39, 0.29) is 12.4 Å². The van der Waals surface area contributed by atoms with Crippen molar-refractivity contribution < 1.29 is 0 Å². The van der Waals surface area contributed by atoms with Gasteiger partial charge in [0.15, 0.2) is 0 Å². The molecule has 3 rings (SSSR count). The molecule has 0 radical (unpaired) electrons. The number of piperidine rings is 1. The lowest BCUT2D eigenvalue weighted by atomic mass is 9.97. The monoisotopic (exact) mass is 320 g/mol. The Hall–Kier alpha value is -1.36.